The van der Waals surface area contributed by atoms with Gasteiger partial charge in [0, 0.05) is 25.0 Å². The number of hydrogen-bond donors (Lipinski definition) is 1. The van der Waals surface area contributed by atoms with Crippen molar-refractivity contribution < 1.29 is 18.7 Å². The quantitative estimate of drug-likeness (QED) is 0.526. The molecule has 3 rings (SSSR count). The average molecular weight is 455 g/mol. The first-order valence-electron chi connectivity index (χ1n) is 10.1. The van der Waals surface area contributed by atoms with Crippen LogP contribution < -0.4 is 10.1 Å². The summed E-state index contributed by atoms with van der Waals surface area (Å²) in [4.78, 5) is 27.5. The van der Waals surface area contributed by atoms with Gasteiger partial charge >= 0.3 is 0 Å². The third kappa shape index (κ3) is 6.56. The molecule has 0 unspecified atom stereocenters. The third-order valence-corrected chi connectivity index (χ3v) is 5.21. The Morgan fingerprint density at radius 3 is 2.25 bits per heavy atom. The predicted octanol–water partition coefficient (Wildman–Crippen LogP) is 4.24. The van der Waals surface area contributed by atoms with Crippen LogP contribution in [0.3, 0.4) is 0 Å². The Bertz CT molecular complexity index is 1030. The Kier molecular flexibility index (Phi) is 8.22. The van der Waals surface area contributed by atoms with Crippen molar-refractivity contribution in [2.75, 3.05) is 13.7 Å². The predicted molar refractivity (Wildman–Crippen MR) is 122 cm³/mol. The van der Waals surface area contributed by atoms with Gasteiger partial charge in [-0.05, 0) is 47.5 Å². The van der Waals surface area contributed by atoms with Crippen LogP contribution in [0.4, 0.5) is 4.39 Å². The number of benzene rings is 3. The first-order valence-corrected chi connectivity index (χ1v) is 10.5. The van der Waals surface area contributed by atoms with Crippen LogP contribution in [0.25, 0.3) is 0 Å². The molecule has 0 aliphatic rings. The Labute approximate surface area is 191 Å². The lowest BCUT2D eigenvalue weighted by Crippen LogP contribution is -2.51. The fourth-order valence-corrected chi connectivity index (χ4v) is 3.39. The summed E-state index contributed by atoms with van der Waals surface area (Å²) in [5, 5.41) is 3.21. The van der Waals surface area contributed by atoms with Crippen LogP contribution in [0.15, 0.2) is 78.9 Å². The van der Waals surface area contributed by atoms with E-state index in [-0.39, 0.29) is 30.8 Å². The van der Waals surface area contributed by atoms with Gasteiger partial charge < -0.3 is 15.0 Å². The number of rotatable bonds is 9. The fraction of sp³-hybridized carbons (Fsp3) is 0.200. The Balaban J connectivity index is 1.85. The highest BCUT2D eigenvalue weighted by atomic mass is 35.5. The van der Waals surface area contributed by atoms with E-state index in [1.807, 2.05) is 30.3 Å². The van der Waals surface area contributed by atoms with Crippen molar-refractivity contribution in [1.29, 1.82) is 0 Å². The fourth-order valence-electron chi connectivity index (χ4n) is 3.27. The highest BCUT2D eigenvalue weighted by Crippen LogP contribution is 2.18. The van der Waals surface area contributed by atoms with E-state index in [0.717, 1.165) is 5.56 Å². The number of halogens is 2. The summed E-state index contributed by atoms with van der Waals surface area (Å²) < 4.78 is 19.0. The molecule has 3 aromatic rings. The standard InChI is InChI=1S/C25H24ClFN2O3/c1-28-25(31)23(15-18-5-3-2-4-6-18)29(16-19-7-11-21(27)12-8-19)24(30)17-32-22-13-9-20(26)10-14-22/h2-14,23H,15-17H2,1H3,(H,28,31)/t23-/m0/s1. The second-order valence-electron chi connectivity index (χ2n) is 7.21. The van der Waals surface area contributed by atoms with E-state index in [9.17, 15) is 14.0 Å². The van der Waals surface area contributed by atoms with E-state index >= 15 is 0 Å². The number of ether oxygens (including phenoxy) is 1. The number of carbonyl (C=O) groups is 2. The Morgan fingerprint density at radius 1 is 0.969 bits per heavy atom. The van der Waals surface area contributed by atoms with Crippen molar-refractivity contribution in [2.24, 2.45) is 0 Å². The Hall–Kier alpha value is -3.38. The van der Waals surface area contributed by atoms with Crippen molar-refractivity contribution in [2.45, 2.75) is 19.0 Å². The molecule has 0 bridgehead atoms. The summed E-state index contributed by atoms with van der Waals surface area (Å²) in [6.45, 7) is -0.126. The molecule has 0 aliphatic heterocycles. The monoisotopic (exact) mass is 454 g/mol. The molecule has 0 aromatic heterocycles. The number of likely N-dealkylation sites (N-methyl/N-ethyl adjacent to an activating group) is 1. The first-order chi connectivity index (χ1) is 15.5. The molecule has 0 spiro atoms. The van der Waals surface area contributed by atoms with Gasteiger partial charge in [-0.2, -0.15) is 0 Å². The molecule has 0 fully saturated rings. The van der Waals surface area contributed by atoms with Crippen molar-refractivity contribution in [3.05, 3.63) is 101 Å². The van der Waals surface area contributed by atoms with Gasteiger partial charge in [0.25, 0.3) is 5.91 Å². The number of hydrogen-bond acceptors (Lipinski definition) is 3. The van der Waals surface area contributed by atoms with Crippen LogP contribution in [0.2, 0.25) is 5.02 Å². The van der Waals surface area contributed by atoms with Gasteiger partial charge in [0.05, 0.1) is 0 Å². The molecule has 0 aliphatic carbocycles. The first kappa shape index (κ1) is 23.3. The summed E-state index contributed by atoms with van der Waals surface area (Å²) in [7, 11) is 1.53. The van der Waals surface area contributed by atoms with Gasteiger partial charge in [0.15, 0.2) is 6.61 Å². The molecular weight excluding hydrogens is 431 g/mol. The number of carbonyl (C=O) groups excluding carboxylic acids is 2. The van der Waals surface area contributed by atoms with E-state index in [1.165, 1.54) is 24.1 Å². The number of nitrogens with one attached hydrogen (secondary N) is 1. The van der Waals surface area contributed by atoms with Gasteiger partial charge in [0.1, 0.15) is 17.6 Å². The van der Waals surface area contributed by atoms with E-state index < -0.39 is 6.04 Å². The molecule has 0 saturated heterocycles. The minimum absolute atomic E-state index is 0.133. The van der Waals surface area contributed by atoms with Gasteiger partial charge in [-0.15, -0.1) is 0 Å². The third-order valence-electron chi connectivity index (χ3n) is 4.96. The Morgan fingerprint density at radius 2 is 1.62 bits per heavy atom. The minimum atomic E-state index is -0.770. The van der Waals surface area contributed by atoms with Crippen molar-refractivity contribution in [1.82, 2.24) is 10.2 Å². The summed E-state index contributed by atoms with van der Waals surface area (Å²) in [5.74, 6) is -0.543. The topological polar surface area (TPSA) is 58.6 Å². The molecule has 0 radical (unpaired) electrons. The van der Waals surface area contributed by atoms with Crippen LogP contribution in [0, 0.1) is 5.82 Å². The number of nitrogens with zero attached hydrogens (tertiary/aromatic N) is 1. The molecule has 166 valence electrons. The van der Waals surface area contributed by atoms with Crippen molar-refractivity contribution in [3.8, 4) is 5.75 Å². The highest BCUT2D eigenvalue weighted by molar-refractivity contribution is 6.30. The molecule has 5 nitrogen and oxygen atoms in total. The lowest BCUT2D eigenvalue weighted by Gasteiger charge is -2.31. The molecule has 3 aromatic carbocycles. The zero-order valence-electron chi connectivity index (χ0n) is 17.6. The lowest BCUT2D eigenvalue weighted by atomic mass is 10.0. The van der Waals surface area contributed by atoms with Gasteiger partial charge in [-0.25, -0.2) is 4.39 Å². The highest BCUT2D eigenvalue weighted by Gasteiger charge is 2.30. The molecule has 2 amide bonds. The van der Waals surface area contributed by atoms with Crippen LogP contribution in [-0.4, -0.2) is 36.4 Å². The molecule has 1 atom stereocenters. The lowest BCUT2D eigenvalue weighted by molar-refractivity contribution is -0.142. The summed E-state index contributed by atoms with van der Waals surface area (Å²) in [5.41, 5.74) is 1.62. The van der Waals surface area contributed by atoms with Crippen LogP contribution in [0.1, 0.15) is 11.1 Å². The smallest absolute Gasteiger partial charge is 0.261 e. The van der Waals surface area contributed by atoms with Crippen molar-refractivity contribution in [3.63, 3.8) is 0 Å². The molecular formula is C25H24ClFN2O3. The maximum atomic E-state index is 13.4. The van der Waals surface area contributed by atoms with E-state index in [1.54, 1.807) is 36.4 Å². The summed E-state index contributed by atoms with van der Waals surface area (Å²) >= 11 is 5.89. The van der Waals surface area contributed by atoms with Gasteiger partial charge in [0.2, 0.25) is 5.91 Å². The van der Waals surface area contributed by atoms with Gasteiger partial charge in [-0.3, -0.25) is 9.59 Å². The summed E-state index contributed by atoms with van der Waals surface area (Å²) in [6, 6.07) is 21.2. The maximum Gasteiger partial charge on any atom is 0.261 e. The normalized spacial score (nSPS) is 11.5. The van der Waals surface area contributed by atoms with E-state index in [0.29, 0.717) is 22.8 Å². The van der Waals surface area contributed by atoms with Crippen molar-refractivity contribution >= 4 is 23.4 Å². The van der Waals surface area contributed by atoms with Crippen LogP contribution in [-0.2, 0) is 22.6 Å². The zero-order valence-corrected chi connectivity index (χ0v) is 18.4. The van der Waals surface area contributed by atoms with Gasteiger partial charge in [-0.1, -0.05) is 54.1 Å². The molecule has 7 heteroatoms. The molecule has 1 N–H and O–H groups in total. The molecule has 32 heavy (non-hydrogen) atoms. The second-order valence-corrected chi connectivity index (χ2v) is 7.65. The zero-order chi connectivity index (χ0) is 22.9. The average Bonchev–Trinajstić information content (AvgIpc) is 2.82. The van der Waals surface area contributed by atoms with E-state index in [2.05, 4.69) is 5.32 Å². The SMILES string of the molecule is CNC(=O)[C@H](Cc1ccccc1)N(Cc1ccc(F)cc1)C(=O)COc1ccc(Cl)cc1. The largest absolute Gasteiger partial charge is 0.484 e. The number of amides is 2. The summed E-state index contributed by atoms with van der Waals surface area (Å²) in [6.07, 6.45) is 0.328. The molecule has 0 heterocycles. The van der Waals surface area contributed by atoms with Crippen LogP contribution in [0.5, 0.6) is 5.75 Å². The van der Waals surface area contributed by atoms with Crippen LogP contribution >= 0.6 is 11.6 Å². The molecule has 0 saturated carbocycles. The maximum absolute atomic E-state index is 13.4. The van der Waals surface area contributed by atoms with E-state index in [4.69, 9.17) is 16.3 Å². The second kappa shape index (κ2) is 11.3. The minimum Gasteiger partial charge on any atom is -0.484 e.